The van der Waals surface area contributed by atoms with Gasteiger partial charge in [-0.05, 0) is 30.3 Å². The summed E-state index contributed by atoms with van der Waals surface area (Å²) in [4.78, 5) is 34.1. The van der Waals surface area contributed by atoms with E-state index in [1.54, 1.807) is 24.1 Å². The van der Waals surface area contributed by atoms with Crippen LogP contribution in [-0.4, -0.2) is 67.9 Å². The third-order valence-electron chi connectivity index (χ3n) is 5.70. The molecular weight excluding hydrogens is 412 g/mol. The first-order valence-corrected chi connectivity index (χ1v) is 10.3. The minimum Gasteiger partial charge on any atom is -0.497 e. The van der Waals surface area contributed by atoms with Gasteiger partial charge in [0.15, 0.2) is 11.5 Å². The SMILES string of the molecule is COc1ccc(N2CCN(C(=O)Cn3cnc4cc(OC)c(OC)cc4c3=O)CC2)cc1. The number of carbonyl (C=O) groups is 1. The Hall–Kier alpha value is -3.75. The van der Waals surface area contributed by atoms with E-state index in [2.05, 4.69) is 9.88 Å². The minimum absolute atomic E-state index is 0.0569. The molecule has 1 amide bonds. The van der Waals surface area contributed by atoms with Crippen molar-refractivity contribution >= 4 is 22.5 Å². The van der Waals surface area contributed by atoms with Gasteiger partial charge in [0, 0.05) is 37.9 Å². The Labute approximate surface area is 185 Å². The van der Waals surface area contributed by atoms with Crippen LogP contribution in [0.15, 0.2) is 47.5 Å². The number of amides is 1. The number of hydrogen-bond acceptors (Lipinski definition) is 7. The lowest BCUT2D eigenvalue weighted by atomic mass is 10.2. The van der Waals surface area contributed by atoms with Crippen LogP contribution in [0, 0.1) is 0 Å². The van der Waals surface area contributed by atoms with Gasteiger partial charge in [0.05, 0.1) is 38.6 Å². The highest BCUT2D eigenvalue weighted by Crippen LogP contribution is 2.29. The van der Waals surface area contributed by atoms with E-state index in [-0.39, 0.29) is 18.0 Å². The quantitative estimate of drug-likeness (QED) is 0.580. The topological polar surface area (TPSA) is 86.1 Å². The number of rotatable bonds is 6. The van der Waals surface area contributed by atoms with Gasteiger partial charge in [-0.25, -0.2) is 4.98 Å². The molecule has 0 N–H and O–H groups in total. The Kier molecular flexibility index (Phi) is 6.16. The second-order valence-corrected chi connectivity index (χ2v) is 7.47. The molecule has 0 aliphatic carbocycles. The zero-order valence-corrected chi connectivity index (χ0v) is 18.4. The number of nitrogens with zero attached hydrogens (tertiary/aromatic N) is 4. The maximum absolute atomic E-state index is 12.9. The van der Waals surface area contributed by atoms with E-state index in [1.807, 2.05) is 24.3 Å². The van der Waals surface area contributed by atoms with Crippen molar-refractivity contribution in [3.05, 3.63) is 53.1 Å². The molecule has 168 valence electrons. The largest absolute Gasteiger partial charge is 0.497 e. The Morgan fingerprint density at radius 1 is 0.938 bits per heavy atom. The maximum atomic E-state index is 12.9. The van der Waals surface area contributed by atoms with Crippen LogP contribution in [0.3, 0.4) is 0 Å². The zero-order chi connectivity index (χ0) is 22.7. The minimum atomic E-state index is -0.291. The summed E-state index contributed by atoms with van der Waals surface area (Å²) in [5.41, 5.74) is 1.29. The average molecular weight is 438 g/mol. The summed E-state index contributed by atoms with van der Waals surface area (Å²) in [5, 5.41) is 0.377. The fourth-order valence-corrected chi connectivity index (χ4v) is 3.85. The van der Waals surface area contributed by atoms with Crippen LogP contribution in [0.25, 0.3) is 10.9 Å². The fourth-order valence-electron chi connectivity index (χ4n) is 3.85. The molecule has 9 heteroatoms. The van der Waals surface area contributed by atoms with E-state index in [0.29, 0.717) is 35.5 Å². The first-order chi connectivity index (χ1) is 15.5. The number of carbonyl (C=O) groups excluding carboxylic acids is 1. The van der Waals surface area contributed by atoms with Gasteiger partial charge in [0.25, 0.3) is 5.56 Å². The molecule has 0 saturated carbocycles. The van der Waals surface area contributed by atoms with E-state index in [9.17, 15) is 9.59 Å². The summed E-state index contributed by atoms with van der Waals surface area (Å²) in [6, 6.07) is 11.1. The van der Waals surface area contributed by atoms with E-state index >= 15 is 0 Å². The fraction of sp³-hybridized carbons (Fsp3) is 0.348. The van der Waals surface area contributed by atoms with Crippen molar-refractivity contribution in [2.75, 3.05) is 52.4 Å². The zero-order valence-electron chi connectivity index (χ0n) is 18.4. The van der Waals surface area contributed by atoms with E-state index in [1.165, 1.54) is 25.1 Å². The van der Waals surface area contributed by atoms with Crippen molar-refractivity contribution in [2.24, 2.45) is 0 Å². The van der Waals surface area contributed by atoms with Gasteiger partial charge in [0.1, 0.15) is 12.3 Å². The number of hydrogen-bond donors (Lipinski definition) is 0. The third-order valence-corrected chi connectivity index (χ3v) is 5.70. The molecule has 1 aromatic heterocycles. The summed E-state index contributed by atoms with van der Waals surface area (Å²) in [6.07, 6.45) is 1.40. The molecular formula is C23H26N4O5. The van der Waals surface area contributed by atoms with Gasteiger partial charge in [-0.2, -0.15) is 0 Å². The molecule has 1 aliphatic heterocycles. The number of aromatic nitrogens is 2. The highest BCUT2D eigenvalue weighted by Gasteiger charge is 2.22. The summed E-state index contributed by atoms with van der Waals surface area (Å²) >= 11 is 0. The molecule has 2 aromatic carbocycles. The Balaban J connectivity index is 1.44. The summed E-state index contributed by atoms with van der Waals surface area (Å²) in [5.74, 6) is 1.64. The van der Waals surface area contributed by atoms with Crippen LogP contribution < -0.4 is 24.7 Å². The van der Waals surface area contributed by atoms with Gasteiger partial charge >= 0.3 is 0 Å². The van der Waals surface area contributed by atoms with Gasteiger partial charge in [-0.15, -0.1) is 0 Å². The Bertz CT molecular complexity index is 1170. The molecule has 2 heterocycles. The second kappa shape index (κ2) is 9.17. The molecule has 9 nitrogen and oxygen atoms in total. The monoisotopic (exact) mass is 438 g/mol. The predicted octanol–water partition coefficient (Wildman–Crippen LogP) is 1.77. The van der Waals surface area contributed by atoms with Crippen LogP contribution in [0.5, 0.6) is 17.2 Å². The van der Waals surface area contributed by atoms with Crippen LogP contribution in [0.1, 0.15) is 0 Å². The third kappa shape index (κ3) is 4.18. The number of ether oxygens (including phenoxy) is 3. The van der Waals surface area contributed by atoms with Gasteiger partial charge < -0.3 is 24.0 Å². The highest BCUT2D eigenvalue weighted by atomic mass is 16.5. The van der Waals surface area contributed by atoms with Gasteiger partial charge in [-0.3, -0.25) is 14.2 Å². The number of piperazine rings is 1. The van der Waals surface area contributed by atoms with Crippen LogP contribution in [0.4, 0.5) is 5.69 Å². The average Bonchev–Trinajstić information content (AvgIpc) is 2.85. The first kappa shape index (κ1) is 21.5. The second-order valence-electron chi connectivity index (χ2n) is 7.47. The van der Waals surface area contributed by atoms with Crippen molar-refractivity contribution in [3.8, 4) is 17.2 Å². The van der Waals surface area contributed by atoms with Crippen molar-refractivity contribution in [2.45, 2.75) is 6.54 Å². The molecule has 0 atom stereocenters. The molecule has 1 saturated heterocycles. The number of benzene rings is 2. The maximum Gasteiger partial charge on any atom is 0.261 e. The lowest BCUT2D eigenvalue weighted by Gasteiger charge is -2.36. The van der Waals surface area contributed by atoms with E-state index < -0.39 is 0 Å². The molecule has 0 radical (unpaired) electrons. The number of methoxy groups -OCH3 is 3. The van der Waals surface area contributed by atoms with E-state index in [0.717, 1.165) is 24.5 Å². The molecule has 0 unspecified atom stereocenters. The molecule has 1 fully saturated rings. The van der Waals surface area contributed by atoms with Crippen molar-refractivity contribution in [3.63, 3.8) is 0 Å². The number of anilines is 1. The van der Waals surface area contributed by atoms with Crippen molar-refractivity contribution in [1.29, 1.82) is 0 Å². The summed E-state index contributed by atoms with van der Waals surface area (Å²) < 4.78 is 17.1. The van der Waals surface area contributed by atoms with Crippen LogP contribution >= 0.6 is 0 Å². The van der Waals surface area contributed by atoms with Gasteiger partial charge in [-0.1, -0.05) is 0 Å². The highest BCUT2D eigenvalue weighted by molar-refractivity contribution is 5.82. The van der Waals surface area contributed by atoms with Crippen molar-refractivity contribution in [1.82, 2.24) is 14.5 Å². The van der Waals surface area contributed by atoms with Crippen molar-refractivity contribution < 1.29 is 19.0 Å². The normalized spacial score (nSPS) is 13.8. The summed E-state index contributed by atoms with van der Waals surface area (Å²) in [6.45, 7) is 2.57. The standard InChI is InChI=1S/C23H26N4O5/c1-30-17-6-4-16(5-7-17)25-8-10-26(11-9-25)22(28)14-27-15-24-19-13-21(32-3)20(31-2)12-18(19)23(27)29/h4-7,12-13,15H,8-11,14H2,1-3H3. The molecule has 4 rings (SSSR count). The smallest absolute Gasteiger partial charge is 0.261 e. The Morgan fingerprint density at radius 2 is 1.59 bits per heavy atom. The number of fused-ring (bicyclic) bond motifs is 1. The molecule has 0 bridgehead atoms. The lowest BCUT2D eigenvalue weighted by molar-refractivity contribution is -0.132. The van der Waals surface area contributed by atoms with Gasteiger partial charge in [0.2, 0.25) is 5.91 Å². The molecule has 3 aromatic rings. The van der Waals surface area contributed by atoms with Crippen LogP contribution in [0.2, 0.25) is 0 Å². The first-order valence-electron chi connectivity index (χ1n) is 10.3. The molecule has 0 spiro atoms. The lowest BCUT2D eigenvalue weighted by Crippen LogP contribution is -2.50. The molecule has 32 heavy (non-hydrogen) atoms. The summed E-state index contributed by atoms with van der Waals surface area (Å²) in [7, 11) is 4.68. The van der Waals surface area contributed by atoms with Crippen LogP contribution in [-0.2, 0) is 11.3 Å². The molecule has 1 aliphatic rings. The van der Waals surface area contributed by atoms with E-state index in [4.69, 9.17) is 14.2 Å². The predicted molar refractivity (Wildman–Crippen MR) is 121 cm³/mol. The Morgan fingerprint density at radius 3 is 2.22 bits per heavy atom.